The smallest absolute Gasteiger partial charge is 0.410 e. The van der Waals surface area contributed by atoms with E-state index in [0.29, 0.717) is 19.6 Å². The summed E-state index contributed by atoms with van der Waals surface area (Å²) in [4.78, 5) is 28.7. The first-order valence-electron chi connectivity index (χ1n) is 9.92. The number of rotatable bonds is 3. The lowest BCUT2D eigenvalue weighted by molar-refractivity contribution is -0.120. The summed E-state index contributed by atoms with van der Waals surface area (Å²) in [7, 11) is 0. The Kier molecular flexibility index (Phi) is 5.92. The number of fused-ring (bicyclic) bond motifs is 1. The van der Waals surface area contributed by atoms with Crippen molar-refractivity contribution in [2.75, 3.05) is 31.1 Å². The molecule has 0 aliphatic carbocycles. The van der Waals surface area contributed by atoms with Crippen molar-refractivity contribution in [3.8, 4) is 0 Å². The summed E-state index contributed by atoms with van der Waals surface area (Å²) in [5.74, 6) is 0.0578. The molecule has 1 N–H and O–H groups in total. The van der Waals surface area contributed by atoms with Gasteiger partial charge >= 0.3 is 6.09 Å². The van der Waals surface area contributed by atoms with E-state index >= 15 is 0 Å². The first kappa shape index (κ1) is 19.5. The maximum atomic E-state index is 12.5. The van der Waals surface area contributed by atoms with Crippen LogP contribution < -0.4 is 10.2 Å². The SMILES string of the molecule is CC(C)(C)OC(=O)N1CCC[C@@H](NC(=O)CN2CCc3ccccc32)CC1. The van der Waals surface area contributed by atoms with Crippen LogP contribution in [-0.4, -0.2) is 54.7 Å². The number of ether oxygens (including phenoxy) is 1. The van der Waals surface area contributed by atoms with Gasteiger partial charge in [0.1, 0.15) is 5.60 Å². The molecule has 2 aliphatic heterocycles. The molecule has 0 saturated carbocycles. The number of benzene rings is 1. The quantitative estimate of drug-likeness (QED) is 0.885. The van der Waals surface area contributed by atoms with Crippen LogP contribution in [0.3, 0.4) is 0 Å². The van der Waals surface area contributed by atoms with Gasteiger partial charge in [-0.15, -0.1) is 0 Å². The average Bonchev–Trinajstić information content (AvgIpc) is 2.83. The van der Waals surface area contributed by atoms with Crippen LogP contribution in [-0.2, 0) is 16.0 Å². The summed E-state index contributed by atoms with van der Waals surface area (Å²) in [6, 6.07) is 8.39. The van der Waals surface area contributed by atoms with Crippen LogP contribution in [0.5, 0.6) is 0 Å². The van der Waals surface area contributed by atoms with E-state index in [0.717, 1.165) is 32.2 Å². The molecule has 1 atom stereocenters. The van der Waals surface area contributed by atoms with E-state index in [-0.39, 0.29) is 18.0 Å². The standard InChI is InChI=1S/C21H31N3O3/c1-21(2,3)27-20(26)23-12-6-8-17(11-14-23)22-19(25)15-24-13-10-16-7-4-5-9-18(16)24/h4-5,7,9,17H,6,8,10-15H2,1-3H3,(H,22,25)/t17-/m1/s1. The van der Waals surface area contributed by atoms with Crippen molar-refractivity contribution >= 4 is 17.7 Å². The molecule has 6 nitrogen and oxygen atoms in total. The number of carbonyl (C=O) groups excluding carboxylic acids is 2. The molecule has 2 amide bonds. The van der Waals surface area contributed by atoms with Crippen LogP contribution in [0.25, 0.3) is 0 Å². The summed E-state index contributed by atoms with van der Waals surface area (Å²) in [5, 5.41) is 3.16. The average molecular weight is 373 g/mol. The van der Waals surface area contributed by atoms with E-state index in [1.165, 1.54) is 11.3 Å². The van der Waals surface area contributed by atoms with Crippen LogP contribution in [0.4, 0.5) is 10.5 Å². The van der Waals surface area contributed by atoms with Crippen LogP contribution in [0.1, 0.15) is 45.6 Å². The summed E-state index contributed by atoms with van der Waals surface area (Å²) < 4.78 is 5.46. The van der Waals surface area contributed by atoms with Gasteiger partial charge in [-0.1, -0.05) is 18.2 Å². The van der Waals surface area contributed by atoms with Crippen LogP contribution >= 0.6 is 0 Å². The molecule has 27 heavy (non-hydrogen) atoms. The van der Waals surface area contributed by atoms with Gasteiger partial charge in [-0.2, -0.15) is 0 Å². The van der Waals surface area contributed by atoms with E-state index in [9.17, 15) is 9.59 Å². The van der Waals surface area contributed by atoms with Crippen molar-refractivity contribution in [2.45, 2.75) is 58.1 Å². The molecule has 0 radical (unpaired) electrons. The van der Waals surface area contributed by atoms with Crippen molar-refractivity contribution in [1.29, 1.82) is 0 Å². The molecule has 1 saturated heterocycles. The van der Waals surface area contributed by atoms with Crippen molar-refractivity contribution in [3.05, 3.63) is 29.8 Å². The number of nitrogens with zero attached hydrogens (tertiary/aromatic N) is 2. The molecule has 0 spiro atoms. The fourth-order valence-corrected chi connectivity index (χ4v) is 3.77. The predicted octanol–water partition coefficient (Wildman–Crippen LogP) is 2.95. The minimum atomic E-state index is -0.483. The fraction of sp³-hybridized carbons (Fsp3) is 0.619. The number of hydrogen-bond donors (Lipinski definition) is 1. The molecule has 0 bridgehead atoms. The van der Waals surface area contributed by atoms with Gasteiger partial charge in [-0.05, 0) is 58.1 Å². The Morgan fingerprint density at radius 2 is 1.93 bits per heavy atom. The summed E-state index contributed by atoms with van der Waals surface area (Å²) in [6.45, 7) is 8.22. The Labute approximate surface area is 161 Å². The second-order valence-corrected chi connectivity index (χ2v) is 8.46. The van der Waals surface area contributed by atoms with Crippen LogP contribution in [0, 0.1) is 0 Å². The topological polar surface area (TPSA) is 61.9 Å². The summed E-state index contributed by atoms with van der Waals surface area (Å²) in [6.07, 6.45) is 3.26. The largest absolute Gasteiger partial charge is 0.444 e. The zero-order chi connectivity index (χ0) is 19.4. The number of para-hydroxylation sites is 1. The molecular weight excluding hydrogens is 342 g/mol. The van der Waals surface area contributed by atoms with E-state index in [2.05, 4.69) is 22.3 Å². The lowest BCUT2D eigenvalue weighted by Gasteiger charge is -2.26. The van der Waals surface area contributed by atoms with Gasteiger partial charge in [0.2, 0.25) is 5.91 Å². The number of likely N-dealkylation sites (tertiary alicyclic amines) is 1. The molecule has 6 heteroatoms. The van der Waals surface area contributed by atoms with Gasteiger partial charge in [0, 0.05) is 31.4 Å². The zero-order valence-electron chi connectivity index (χ0n) is 16.7. The molecule has 1 fully saturated rings. The third-order valence-corrected chi connectivity index (χ3v) is 5.06. The monoisotopic (exact) mass is 373 g/mol. The molecule has 0 aromatic heterocycles. The van der Waals surface area contributed by atoms with Crippen molar-refractivity contribution in [2.24, 2.45) is 0 Å². The van der Waals surface area contributed by atoms with E-state index in [1.54, 1.807) is 4.90 Å². The third kappa shape index (κ3) is 5.37. The van der Waals surface area contributed by atoms with E-state index in [4.69, 9.17) is 4.74 Å². The Balaban J connectivity index is 1.47. The lowest BCUT2D eigenvalue weighted by Crippen LogP contribution is -2.42. The molecular formula is C21H31N3O3. The maximum Gasteiger partial charge on any atom is 0.410 e. The first-order chi connectivity index (χ1) is 12.8. The third-order valence-electron chi connectivity index (χ3n) is 5.06. The fourth-order valence-electron chi connectivity index (χ4n) is 3.77. The Morgan fingerprint density at radius 1 is 1.15 bits per heavy atom. The van der Waals surface area contributed by atoms with Gasteiger partial charge in [0.25, 0.3) is 0 Å². The summed E-state index contributed by atoms with van der Waals surface area (Å²) in [5.41, 5.74) is 2.00. The van der Waals surface area contributed by atoms with Gasteiger partial charge in [-0.25, -0.2) is 4.79 Å². The Morgan fingerprint density at radius 3 is 2.70 bits per heavy atom. The van der Waals surface area contributed by atoms with Gasteiger partial charge < -0.3 is 19.9 Å². The number of hydrogen-bond acceptors (Lipinski definition) is 4. The Hall–Kier alpha value is -2.24. The normalized spacial score (nSPS) is 20.0. The number of anilines is 1. The van der Waals surface area contributed by atoms with Crippen LogP contribution in [0.2, 0.25) is 0 Å². The van der Waals surface area contributed by atoms with Gasteiger partial charge in [0.05, 0.1) is 6.54 Å². The lowest BCUT2D eigenvalue weighted by atomic mass is 10.1. The molecule has 2 heterocycles. The number of amides is 2. The van der Waals surface area contributed by atoms with Crippen molar-refractivity contribution in [1.82, 2.24) is 10.2 Å². The highest BCUT2D eigenvalue weighted by Crippen LogP contribution is 2.26. The second-order valence-electron chi connectivity index (χ2n) is 8.46. The minimum absolute atomic E-state index is 0.0578. The number of carbonyl (C=O) groups is 2. The van der Waals surface area contributed by atoms with E-state index in [1.807, 2.05) is 32.9 Å². The van der Waals surface area contributed by atoms with Gasteiger partial charge in [-0.3, -0.25) is 4.79 Å². The Bertz CT molecular complexity index is 683. The highest BCUT2D eigenvalue weighted by Gasteiger charge is 2.26. The minimum Gasteiger partial charge on any atom is -0.444 e. The second kappa shape index (κ2) is 8.19. The first-order valence-corrected chi connectivity index (χ1v) is 9.92. The maximum absolute atomic E-state index is 12.5. The van der Waals surface area contributed by atoms with Crippen molar-refractivity contribution in [3.63, 3.8) is 0 Å². The molecule has 2 aliphatic rings. The molecule has 1 aromatic carbocycles. The molecule has 1 aromatic rings. The highest BCUT2D eigenvalue weighted by atomic mass is 16.6. The van der Waals surface area contributed by atoms with Gasteiger partial charge in [0.15, 0.2) is 0 Å². The molecule has 0 unspecified atom stereocenters. The van der Waals surface area contributed by atoms with E-state index < -0.39 is 5.60 Å². The predicted molar refractivity (Wildman–Crippen MR) is 106 cm³/mol. The molecule has 3 rings (SSSR count). The number of nitrogens with one attached hydrogen (secondary N) is 1. The molecule has 148 valence electrons. The zero-order valence-corrected chi connectivity index (χ0v) is 16.7. The highest BCUT2D eigenvalue weighted by molar-refractivity contribution is 5.82. The van der Waals surface area contributed by atoms with Crippen LogP contribution in [0.15, 0.2) is 24.3 Å². The van der Waals surface area contributed by atoms with Crippen molar-refractivity contribution < 1.29 is 14.3 Å². The summed E-state index contributed by atoms with van der Waals surface area (Å²) >= 11 is 0.